The average molecular weight is 324 g/mol. The van der Waals surface area contributed by atoms with Crippen molar-refractivity contribution in [3.8, 4) is 5.88 Å². The molecule has 0 unspecified atom stereocenters. The summed E-state index contributed by atoms with van der Waals surface area (Å²) in [6.07, 6.45) is 4.21. The van der Waals surface area contributed by atoms with Gasteiger partial charge in [0.15, 0.2) is 11.4 Å². The second-order valence-electron chi connectivity index (χ2n) is 5.45. The number of fused-ring (bicyclic) bond motifs is 3. The molecule has 0 amide bonds. The summed E-state index contributed by atoms with van der Waals surface area (Å²) in [6, 6.07) is 5.47. The van der Waals surface area contributed by atoms with E-state index in [1.807, 2.05) is 18.2 Å². The molecule has 0 spiro atoms. The number of anilines is 3. The quantitative estimate of drug-likeness (QED) is 0.709. The number of aromatic nitrogens is 4. The van der Waals surface area contributed by atoms with Gasteiger partial charge >= 0.3 is 0 Å². The second kappa shape index (κ2) is 5.80. The fourth-order valence-electron chi connectivity index (χ4n) is 2.66. The van der Waals surface area contributed by atoms with Crippen LogP contribution < -0.4 is 15.4 Å². The lowest BCUT2D eigenvalue weighted by Gasteiger charge is -2.10. The number of carbonyl (C=O) groups is 1. The average Bonchev–Trinajstić information content (AvgIpc) is 3.01. The summed E-state index contributed by atoms with van der Waals surface area (Å²) in [5.41, 5.74) is 1.86. The number of rotatable bonds is 1. The van der Waals surface area contributed by atoms with Crippen LogP contribution in [0, 0.1) is 0 Å². The van der Waals surface area contributed by atoms with E-state index in [0.29, 0.717) is 42.4 Å². The van der Waals surface area contributed by atoms with Gasteiger partial charge in [-0.15, -0.1) is 0 Å². The monoisotopic (exact) mass is 324 g/mol. The summed E-state index contributed by atoms with van der Waals surface area (Å²) >= 11 is 0. The molecule has 0 atom stereocenters. The maximum atomic E-state index is 12.5. The van der Waals surface area contributed by atoms with Crippen LogP contribution >= 0.6 is 0 Å². The minimum atomic E-state index is -0.000724. The molecule has 122 valence electrons. The summed E-state index contributed by atoms with van der Waals surface area (Å²) in [6.45, 7) is 0.430. The van der Waals surface area contributed by atoms with E-state index in [0.717, 1.165) is 11.5 Å². The molecule has 2 N–H and O–H groups in total. The smallest absolute Gasteiger partial charge is 0.215 e. The zero-order valence-corrected chi connectivity index (χ0v) is 13.1. The lowest BCUT2D eigenvalue weighted by Crippen LogP contribution is -2.06. The highest BCUT2D eigenvalue weighted by Gasteiger charge is 2.17. The van der Waals surface area contributed by atoms with Crippen LogP contribution in [0.3, 0.4) is 0 Å². The largest absolute Gasteiger partial charge is 0.478 e. The van der Waals surface area contributed by atoms with Crippen molar-refractivity contribution in [2.24, 2.45) is 0 Å². The lowest BCUT2D eigenvalue weighted by molar-refractivity contribution is 0.0974. The molecule has 24 heavy (non-hydrogen) atoms. The van der Waals surface area contributed by atoms with Crippen LogP contribution in [-0.4, -0.2) is 39.0 Å². The van der Waals surface area contributed by atoms with Gasteiger partial charge in [0.25, 0.3) is 0 Å². The van der Waals surface area contributed by atoms with Crippen molar-refractivity contribution < 1.29 is 9.53 Å². The van der Waals surface area contributed by atoms with Crippen molar-refractivity contribution >= 4 is 28.8 Å². The Kier molecular flexibility index (Phi) is 3.49. The Bertz CT molecular complexity index is 920. The molecule has 0 aliphatic carbocycles. The third-order valence-electron chi connectivity index (χ3n) is 3.83. The van der Waals surface area contributed by atoms with Crippen molar-refractivity contribution in [2.75, 3.05) is 24.3 Å². The minimum absolute atomic E-state index is 0.000724. The van der Waals surface area contributed by atoms with Gasteiger partial charge < -0.3 is 15.4 Å². The molecule has 1 aliphatic rings. The second-order valence-corrected chi connectivity index (χ2v) is 5.45. The molecule has 0 radical (unpaired) electrons. The van der Waals surface area contributed by atoms with Gasteiger partial charge in [0.1, 0.15) is 11.6 Å². The zero-order valence-electron chi connectivity index (χ0n) is 13.1. The number of ketones is 1. The number of carbonyl (C=O) groups excluding carboxylic acids is 1. The highest BCUT2D eigenvalue weighted by Crippen LogP contribution is 2.24. The Hall–Kier alpha value is -3.16. The molecule has 0 fully saturated rings. The van der Waals surface area contributed by atoms with Crippen LogP contribution in [-0.2, 0) is 0 Å². The first-order valence-electron chi connectivity index (χ1n) is 7.70. The van der Waals surface area contributed by atoms with E-state index < -0.39 is 0 Å². The first kappa shape index (κ1) is 14.4. The first-order valence-corrected chi connectivity index (χ1v) is 7.70. The Labute approximate surface area is 137 Å². The van der Waals surface area contributed by atoms with E-state index in [4.69, 9.17) is 4.74 Å². The van der Waals surface area contributed by atoms with E-state index >= 15 is 0 Å². The molecule has 0 saturated heterocycles. The summed E-state index contributed by atoms with van der Waals surface area (Å²) in [7, 11) is 1.80. The molecule has 0 aromatic carbocycles. The van der Waals surface area contributed by atoms with Crippen LogP contribution in [0.2, 0.25) is 0 Å². The predicted octanol–water partition coefficient (Wildman–Crippen LogP) is 2.26. The molecule has 1 aliphatic heterocycles. The predicted molar refractivity (Wildman–Crippen MR) is 89.1 cm³/mol. The molecule has 4 heterocycles. The molecule has 3 aromatic heterocycles. The third kappa shape index (κ3) is 2.51. The van der Waals surface area contributed by atoms with Gasteiger partial charge in [-0.3, -0.25) is 4.79 Å². The Morgan fingerprint density at radius 3 is 3.17 bits per heavy atom. The summed E-state index contributed by atoms with van der Waals surface area (Å²) in [5.74, 6) is 1.86. The van der Waals surface area contributed by atoms with Gasteiger partial charge in [-0.05, 0) is 12.5 Å². The van der Waals surface area contributed by atoms with Gasteiger partial charge in [-0.25, -0.2) is 9.97 Å². The minimum Gasteiger partial charge on any atom is -0.478 e. The fraction of sp³-hybridized carbons (Fsp3) is 0.250. The van der Waals surface area contributed by atoms with Crippen molar-refractivity contribution in [2.45, 2.75) is 12.8 Å². The molecule has 8 nitrogen and oxygen atoms in total. The van der Waals surface area contributed by atoms with Crippen molar-refractivity contribution in [3.05, 3.63) is 36.2 Å². The van der Waals surface area contributed by atoms with Crippen molar-refractivity contribution in [1.82, 2.24) is 19.6 Å². The molecule has 4 rings (SSSR count). The summed E-state index contributed by atoms with van der Waals surface area (Å²) < 4.78 is 7.24. The SMILES string of the molecule is CNc1cc2nc3c(cnn13)C(=O)CCCOc1cc(ccn1)N2. The van der Waals surface area contributed by atoms with Gasteiger partial charge in [0.2, 0.25) is 5.88 Å². The van der Waals surface area contributed by atoms with Gasteiger partial charge in [0, 0.05) is 37.5 Å². The Balaban J connectivity index is 1.88. The van der Waals surface area contributed by atoms with Crippen LogP contribution in [0.4, 0.5) is 17.3 Å². The zero-order chi connectivity index (χ0) is 16.5. The van der Waals surface area contributed by atoms with Crippen LogP contribution in [0.5, 0.6) is 5.88 Å². The van der Waals surface area contributed by atoms with E-state index in [1.54, 1.807) is 24.0 Å². The molecule has 4 bridgehead atoms. The molecule has 3 aromatic rings. The summed E-state index contributed by atoms with van der Waals surface area (Å²) in [5, 5.41) is 10.6. The van der Waals surface area contributed by atoms with E-state index in [2.05, 4.69) is 25.7 Å². The normalized spacial score (nSPS) is 14.3. The van der Waals surface area contributed by atoms with Crippen molar-refractivity contribution in [3.63, 3.8) is 0 Å². The number of ether oxygens (including phenoxy) is 1. The maximum absolute atomic E-state index is 12.5. The molecule has 0 saturated carbocycles. The van der Waals surface area contributed by atoms with E-state index in [1.165, 1.54) is 0 Å². The first-order chi connectivity index (χ1) is 11.7. The molecular formula is C16H16N6O2. The highest BCUT2D eigenvalue weighted by molar-refractivity contribution is 6.01. The van der Waals surface area contributed by atoms with Gasteiger partial charge in [0.05, 0.1) is 18.4 Å². The number of pyridine rings is 1. The topological polar surface area (TPSA) is 93.4 Å². The molecule has 8 heteroatoms. The fourth-order valence-corrected chi connectivity index (χ4v) is 2.66. The van der Waals surface area contributed by atoms with Crippen LogP contribution in [0.1, 0.15) is 23.2 Å². The van der Waals surface area contributed by atoms with Crippen LogP contribution in [0.15, 0.2) is 30.6 Å². The number of hydrogen-bond acceptors (Lipinski definition) is 7. The van der Waals surface area contributed by atoms with Crippen molar-refractivity contribution in [1.29, 1.82) is 0 Å². The highest BCUT2D eigenvalue weighted by atomic mass is 16.5. The van der Waals surface area contributed by atoms with E-state index in [-0.39, 0.29) is 5.78 Å². The number of nitrogens with one attached hydrogen (secondary N) is 2. The Morgan fingerprint density at radius 1 is 1.38 bits per heavy atom. The summed E-state index contributed by atoms with van der Waals surface area (Å²) in [4.78, 5) is 21.2. The van der Waals surface area contributed by atoms with Crippen LogP contribution in [0.25, 0.3) is 5.65 Å². The Morgan fingerprint density at radius 2 is 2.29 bits per heavy atom. The third-order valence-corrected chi connectivity index (χ3v) is 3.83. The number of nitrogens with zero attached hydrogens (tertiary/aromatic N) is 4. The standard InChI is InChI=1S/C16H16N6O2/c1-17-14-8-13-20-10-4-5-18-15(7-10)24-6-2-3-12(23)11-9-19-22(14)16(11)21-13/h4-5,7-9,17H,2-3,6H2,1H3,(H,20,21). The lowest BCUT2D eigenvalue weighted by atomic mass is 10.1. The van der Waals surface area contributed by atoms with E-state index in [9.17, 15) is 4.79 Å². The maximum Gasteiger partial charge on any atom is 0.215 e. The molecular weight excluding hydrogens is 308 g/mol. The number of Topliss-reactive ketones (excluding diaryl/α,β-unsaturated/α-hetero) is 1. The van der Waals surface area contributed by atoms with Gasteiger partial charge in [-0.2, -0.15) is 9.61 Å². The van der Waals surface area contributed by atoms with Gasteiger partial charge in [-0.1, -0.05) is 0 Å². The number of hydrogen-bond donors (Lipinski definition) is 2.